The molecule has 1 aliphatic rings. The number of piperazine rings is 1. The van der Waals surface area contributed by atoms with E-state index in [4.69, 9.17) is 16.3 Å². The number of anilines is 1. The molecule has 3 aromatic rings. The Morgan fingerprint density at radius 3 is 2.59 bits per heavy atom. The molecule has 1 fully saturated rings. The fourth-order valence-electron chi connectivity index (χ4n) is 3.45. The van der Waals surface area contributed by atoms with Crippen molar-refractivity contribution in [3.8, 4) is 16.3 Å². The Balaban J connectivity index is 1.53. The van der Waals surface area contributed by atoms with Gasteiger partial charge in [-0.2, -0.15) is 0 Å². The van der Waals surface area contributed by atoms with Crippen LogP contribution in [0.15, 0.2) is 48.7 Å². The highest BCUT2D eigenvalue weighted by atomic mass is 35.5. The van der Waals surface area contributed by atoms with Crippen molar-refractivity contribution in [2.75, 3.05) is 45.7 Å². The largest absolute Gasteiger partial charge is 0.495 e. The van der Waals surface area contributed by atoms with Crippen molar-refractivity contribution >= 4 is 40.4 Å². The van der Waals surface area contributed by atoms with E-state index in [1.165, 1.54) is 24.6 Å². The molecule has 9 heteroatoms. The van der Waals surface area contributed by atoms with Gasteiger partial charge in [0.1, 0.15) is 15.6 Å². The van der Waals surface area contributed by atoms with E-state index in [0.29, 0.717) is 45.0 Å². The Kier molecular flexibility index (Phi) is 6.74. The number of amides is 2. The Hall–Kier alpha value is -2.94. The quantitative estimate of drug-likeness (QED) is 0.607. The first kappa shape index (κ1) is 22.3. The lowest BCUT2D eigenvalue weighted by Crippen LogP contribution is -2.47. The number of methoxy groups -OCH3 is 1. The summed E-state index contributed by atoms with van der Waals surface area (Å²) in [5, 5.41) is 4.09. The standard InChI is InChI=1S/C23H23ClN4O3S/c1-27-9-11-28(12-10-27)23(30)15-7-8-19(31-2)18(13-15)26-21(29)20-14-25-22(32-20)16-5-3-4-6-17(16)24/h3-8,13-14H,9-12H2,1-2H3,(H,26,29). The fourth-order valence-corrected chi connectivity index (χ4v) is 4.59. The van der Waals surface area contributed by atoms with Crippen molar-refractivity contribution in [3.63, 3.8) is 0 Å². The number of carbonyl (C=O) groups excluding carboxylic acids is 2. The van der Waals surface area contributed by atoms with Gasteiger partial charge in [-0.3, -0.25) is 9.59 Å². The van der Waals surface area contributed by atoms with Gasteiger partial charge >= 0.3 is 0 Å². The lowest BCUT2D eigenvalue weighted by molar-refractivity contribution is 0.0664. The molecule has 1 aromatic heterocycles. The summed E-state index contributed by atoms with van der Waals surface area (Å²) in [5.41, 5.74) is 1.72. The van der Waals surface area contributed by atoms with Gasteiger partial charge < -0.3 is 19.9 Å². The lowest BCUT2D eigenvalue weighted by Gasteiger charge is -2.32. The molecule has 2 heterocycles. The summed E-state index contributed by atoms with van der Waals surface area (Å²) in [7, 11) is 3.56. The fraction of sp³-hybridized carbons (Fsp3) is 0.261. The van der Waals surface area contributed by atoms with Crippen molar-refractivity contribution in [3.05, 3.63) is 64.1 Å². The summed E-state index contributed by atoms with van der Waals surface area (Å²) >= 11 is 7.49. The number of thiazole rings is 1. The summed E-state index contributed by atoms with van der Waals surface area (Å²) in [4.78, 5) is 34.6. The van der Waals surface area contributed by atoms with Crippen LogP contribution in [0.3, 0.4) is 0 Å². The zero-order chi connectivity index (χ0) is 22.7. The molecule has 4 rings (SSSR count). The van der Waals surface area contributed by atoms with E-state index < -0.39 is 0 Å². The summed E-state index contributed by atoms with van der Waals surface area (Å²) < 4.78 is 5.39. The maximum atomic E-state index is 12.9. The minimum atomic E-state index is -0.330. The average molecular weight is 471 g/mol. The number of nitrogens with one attached hydrogen (secondary N) is 1. The van der Waals surface area contributed by atoms with E-state index in [-0.39, 0.29) is 11.8 Å². The minimum absolute atomic E-state index is 0.0601. The third-order valence-corrected chi connectivity index (χ3v) is 6.68. The van der Waals surface area contributed by atoms with E-state index in [1.54, 1.807) is 24.3 Å². The van der Waals surface area contributed by atoms with Crippen LogP contribution < -0.4 is 10.1 Å². The number of aromatic nitrogens is 1. The molecule has 1 N–H and O–H groups in total. The maximum absolute atomic E-state index is 12.9. The van der Waals surface area contributed by atoms with Gasteiger partial charge in [0, 0.05) is 37.3 Å². The van der Waals surface area contributed by atoms with Gasteiger partial charge in [-0.05, 0) is 31.3 Å². The van der Waals surface area contributed by atoms with Gasteiger partial charge in [-0.15, -0.1) is 11.3 Å². The monoisotopic (exact) mass is 470 g/mol. The SMILES string of the molecule is COc1ccc(C(=O)N2CCN(C)CC2)cc1NC(=O)c1cnc(-c2ccccc2Cl)s1. The minimum Gasteiger partial charge on any atom is -0.495 e. The molecule has 0 saturated carbocycles. The van der Waals surface area contributed by atoms with E-state index in [1.807, 2.05) is 30.1 Å². The molecular formula is C23H23ClN4O3S. The van der Waals surface area contributed by atoms with E-state index in [2.05, 4.69) is 15.2 Å². The van der Waals surface area contributed by atoms with Crippen molar-refractivity contribution in [1.82, 2.24) is 14.8 Å². The van der Waals surface area contributed by atoms with E-state index >= 15 is 0 Å². The Morgan fingerprint density at radius 2 is 1.88 bits per heavy atom. The zero-order valence-electron chi connectivity index (χ0n) is 17.8. The van der Waals surface area contributed by atoms with Crippen LogP contribution in [0.25, 0.3) is 10.6 Å². The van der Waals surface area contributed by atoms with E-state index in [0.717, 1.165) is 18.7 Å². The van der Waals surface area contributed by atoms with Gasteiger partial charge in [0.2, 0.25) is 0 Å². The van der Waals surface area contributed by atoms with Crippen LogP contribution in [0, 0.1) is 0 Å². The number of hydrogen-bond donors (Lipinski definition) is 1. The predicted molar refractivity (Wildman–Crippen MR) is 127 cm³/mol. The molecular weight excluding hydrogens is 448 g/mol. The molecule has 2 amide bonds. The predicted octanol–water partition coefficient (Wildman–Crippen LogP) is 4.11. The highest BCUT2D eigenvalue weighted by Crippen LogP contribution is 2.32. The number of likely N-dealkylation sites (N-methyl/N-ethyl adjacent to an activating group) is 1. The second-order valence-corrected chi connectivity index (χ2v) is 8.91. The van der Waals surface area contributed by atoms with E-state index in [9.17, 15) is 9.59 Å². The first-order valence-electron chi connectivity index (χ1n) is 10.1. The van der Waals surface area contributed by atoms with Gasteiger partial charge in [0.15, 0.2) is 0 Å². The molecule has 0 atom stereocenters. The highest BCUT2D eigenvalue weighted by Gasteiger charge is 2.22. The maximum Gasteiger partial charge on any atom is 0.267 e. The highest BCUT2D eigenvalue weighted by molar-refractivity contribution is 7.17. The number of carbonyl (C=O) groups is 2. The summed E-state index contributed by atoms with van der Waals surface area (Å²) in [6.07, 6.45) is 1.52. The molecule has 166 valence electrons. The normalized spacial score (nSPS) is 14.3. The van der Waals surface area contributed by atoms with Gasteiger partial charge in [0.05, 0.1) is 24.0 Å². The van der Waals surface area contributed by atoms with Gasteiger partial charge in [-0.25, -0.2) is 4.98 Å². The third-order valence-electron chi connectivity index (χ3n) is 5.32. The first-order chi connectivity index (χ1) is 15.5. The van der Waals surface area contributed by atoms with Crippen molar-refractivity contribution in [2.45, 2.75) is 0 Å². The van der Waals surface area contributed by atoms with Crippen LogP contribution in [-0.4, -0.2) is 66.9 Å². The van der Waals surface area contributed by atoms with Crippen LogP contribution in [0.5, 0.6) is 5.75 Å². The number of ether oxygens (including phenoxy) is 1. The van der Waals surface area contributed by atoms with Gasteiger partial charge in [-0.1, -0.05) is 29.8 Å². The second kappa shape index (κ2) is 9.68. The second-order valence-electron chi connectivity index (χ2n) is 7.47. The smallest absolute Gasteiger partial charge is 0.267 e. The molecule has 32 heavy (non-hydrogen) atoms. The van der Waals surface area contributed by atoms with Crippen molar-refractivity contribution in [2.24, 2.45) is 0 Å². The molecule has 0 radical (unpaired) electrons. The van der Waals surface area contributed by atoms with Crippen LogP contribution in [-0.2, 0) is 0 Å². The number of rotatable bonds is 5. The molecule has 1 saturated heterocycles. The Morgan fingerprint density at radius 1 is 1.12 bits per heavy atom. The summed E-state index contributed by atoms with van der Waals surface area (Å²) in [6, 6.07) is 12.4. The molecule has 0 spiro atoms. The molecule has 1 aliphatic heterocycles. The molecule has 0 aliphatic carbocycles. The summed E-state index contributed by atoms with van der Waals surface area (Å²) in [6.45, 7) is 3.03. The topological polar surface area (TPSA) is 74.8 Å². The first-order valence-corrected chi connectivity index (χ1v) is 11.3. The molecule has 0 unspecified atom stereocenters. The molecule has 0 bridgehead atoms. The van der Waals surface area contributed by atoms with Crippen LogP contribution >= 0.6 is 22.9 Å². The Labute approximate surface area is 195 Å². The number of nitrogens with zero attached hydrogens (tertiary/aromatic N) is 3. The number of halogens is 1. The summed E-state index contributed by atoms with van der Waals surface area (Å²) in [5.74, 6) is 0.0856. The lowest BCUT2D eigenvalue weighted by atomic mass is 10.1. The molecule has 7 nitrogen and oxygen atoms in total. The van der Waals surface area contributed by atoms with Crippen molar-refractivity contribution in [1.29, 1.82) is 0 Å². The van der Waals surface area contributed by atoms with Crippen LogP contribution in [0.1, 0.15) is 20.0 Å². The number of hydrogen-bond acceptors (Lipinski definition) is 6. The van der Waals surface area contributed by atoms with Crippen molar-refractivity contribution < 1.29 is 14.3 Å². The zero-order valence-corrected chi connectivity index (χ0v) is 19.4. The average Bonchev–Trinajstić information content (AvgIpc) is 3.29. The van der Waals surface area contributed by atoms with Crippen LogP contribution in [0.4, 0.5) is 5.69 Å². The number of benzene rings is 2. The Bertz CT molecular complexity index is 1140. The van der Waals surface area contributed by atoms with Crippen LogP contribution in [0.2, 0.25) is 5.02 Å². The third kappa shape index (κ3) is 4.77. The van der Waals surface area contributed by atoms with Gasteiger partial charge in [0.25, 0.3) is 11.8 Å². The molecule has 2 aromatic carbocycles.